The van der Waals surface area contributed by atoms with Gasteiger partial charge in [-0.15, -0.1) is 0 Å². The number of phenols is 1. The highest BCUT2D eigenvalue weighted by Gasteiger charge is 2.17. The number of rotatable bonds is 4. The first-order chi connectivity index (χ1) is 9.78. The zero-order chi connectivity index (χ0) is 15.6. The van der Waals surface area contributed by atoms with Crippen LogP contribution in [0.1, 0.15) is 0 Å². The Balaban J connectivity index is 2.39. The second-order valence-electron chi connectivity index (χ2n) is 4.06. The van der Waals surface area contributed by atoms with Gasteiger partial charge in [0.1, 0.15) is 11.6 Å². The van der Waals surface area contributed by atoms with E-state index in [4.69, 9.17) is 0 Å². The molecule has 0 spiro atoms. The molecule has 21 heavy (non-hydrogen) atoms. The first-order valence-corrected chi connectivity index (χ1v) is 7.03. The highest BCUT2D eigenvalue weighted by Crippen LogP contribution is 2.24. The molecule has 0 atom stereocenters. The molecular formula is C12H9FN2O5S. The molecule has 0 aliphatic rings. The minimum absolute atomic E-state index is 0.255. The first kappa shape index (κ1) is 14.7. The van der Waals surface area contributed by atoms with Crippen molar-refractivity contribution in [2.45, 2.75) is 4.90 Å². The Morgan fingerprint density at radius 1 is 1.19 bits per heavy atom. The predicted octanol–water partition coefficient (Wildman–Crippen LogP) is 2.24. The topological polar surface area (TPSA) is 110 Å². The van der Waals surface area contributed by atoms with Crippen molar-refractivity contribution in [1.82, 2.24) is 0 Å². The molecular weight excluding hydrogens is 303 g/mol. The number of phenolic OH excluding ortho intramolecular Hbond substituents is 1. The van der Waals surface area contributed by atoms with Gasteiger partial charge in [0.2, 0.25) is 0 Å². The first-order valence-electron chi connectivity index (χ1n) is 5.55. The molecule has 7 nitrogen and oxygen atoms in total. The Labute approximate surface area is 118 Å². The lowest BCUT2D eigenvalue weighted by Gasteiger charge is -2.08. The van der Waals surface area contributed by atoms with Crippen LogP contribution < -0.4 is 4.72 Å². The van der Waals surface area contributed by atoms with Crippen molar-refractivity contribution >= 4 is 21.4 Å². The number of nitrogens with zero attached hydrogens (tertiary/aromatic N) is 1. The third-order valence-electron chi connectivity index (χ3n) is 2.47. The van der Waals surface area contributed by atoms with Crippen LogP contribution in [-0.4, -0.2) is 18.4 Å². The molecule has 0 heterocycles. The Morgan fingerprint density at radius 2 is 1.90 bits per heavy atom. The number of sulfonamides is 1. The highest BCUT2D eigenvalue weighted by molar-refractivity contribution is 7.92. The molecule has 0 bridgehead atoms. The number of halogens is 1. The van der Waals surface area contributed by atoms with Gasteiger partial charge in [0.05, 0.1) is 21.6 Å². The van der Waals surface area contributed by atoms with Gasteiger partial charge in [-0.05, 0) is 18.2 Å². The zero-order valence-electron chi connectivity index (χ0n) is 10.4. The molecule has 2 rings (SSSR count). The molecule has 110 valence electrons. The summed E-state index contributed by atoms with van der Waals surface area (Å²) in [5.41, 5.74) is -0.867. The van der Waals surface area contributed by atoms with E-state index in [1.54, 1.807) is 0 Å². The number of hydrogen-bond acceptors (Lipinski definition) is 5. The van der Waals surface area contributed by atoms with Gasteiger partial charge in [-0.25, -0.2) is 12.8 Å². The monoisotopic (exact) mass is 312 g/mol. The van der Waals surface area contributed by atoms with Gasteiger partial charge in [0.15, 0.2) is 0 Å². The van der Waals surface area contributed by atoms with E-state index in [0.29, 0.717) is 6.07 Å². The van der Waals surface area contributed by atoms with Crippen LogP contribution in [0.15, 0.2) is 47.4 Å². The fraction of sp³-hybridized carbons (Fsp3) is 0. The van der Waals surface area contributed by atoms with Crippen molar-refractivity contribution in [3.63, 3.8) is 0 Å². The summed E-state index contributed by atoms with van der Waals surface area (Å²) in [6.07, 6.45) is 0. The van der Waals surface area contributed by atoms with E-state index in [1.807, 2.05) is 4.72 Å². The largest absolute Gasteiger partial charge is 0.508 e. The Morgan fingerprint density at radius 3 is 2.52 bits per heavy atom. The second-order valence-corrected chi connectivity index (χ2v) is 5.74. The molecule has 0 fully saturated rings. The number of non-ortho nitro benzene ring substituents is 1. The molecule has 2 aromatic carbocycles. The number of nitro benzene ring substituents is 1. The maximum Gasteiger partial charge on any atom is 0.274 e. The number of anilines is 1. The molecule has 0 saturated carbocycles. The van der Waals surface area contributed by atoms with E-state index in [-0.39, 0.29) is 16.3 Å². The van der Waals surface area contributed by atoms with E-state index in [1.165, 1.54) is 18.2 Å². The third-order valence-corrected chi connectivity index (χ3v) is 3.85. The maximum absolute atomic E-state index is 13.3. The molecule has 0 radical (unpaired) electrons. The van der Waals surface area contributed by atoms with Gasteiger partial charge in [-0.2, -0.15) is 0 Å². The predicted molar refractivity (Wildman–Crippen MR) is 72.0 cm³/mol. The molecule has 0 saturated heterocycles. The third kappa shape index (κ3) is 3.45. The van der Waals surface area contributed by atoms with Crippen molar-refractivity contribution in [2.75, 3.05) is 4.72 Å². The summed E-state index contributed by atoms with van der Waals surface area (Å²) in [4.78, 5) is 9.52. The molecule has 0 unspecified atom stereocenters. The summed E-state index contributed by atoms with van der Waals surface area (Å²) >= 11 is 0. The van der Waals surface area contributed by atoms with Crippen LogP contribution in [-0.2, 0) is 10.0 Å². The lowest BCUT2D eigenvalue weighted by Crippen LogP contribution is -2.13. The Kier molecular flexibility index (Phi) is 3.76. The van der Waals surface area contributed by atoms with Gasteiger partial charge in [-0.1, -0.05) is 6.07 Å². The highest BCUT2D eigenvalue weighted by atomic mass is 32.2. The number of nitrogens with one attached hydrogen (secondary N) is 1. The quantitative estimate of drug-likeness (QED) is 0.664. The average molecular weight is 312 g/mol. The van der Waals surface area contributed by atoms with Crippen LogP contribution in [0.4, 0.5) is 15.8 Å². The summed E-state index contributed by atoms with van der Waals surface area (Å²) in [5.74, 6) is -1.21. The molecule has 0 aromatic heterocycles. The van der Waals surface area contributed by atoms with Crippen LogP contribution >= 0.6 is 0 Å². The van der Waals surface area contributed by atoms with Crippen LogP contribution in [0, 0.1) is 15.9 Å². The smallest absolute Gasteiger partial charge is 0.274 e. The molecule has 2 N–H and O–H groups in total. The zero-order valence-corrected chi connectivity index (χ0v) is 11.2. The van der Waals surface area contributed by atoms with E-state index in [2.05, 4.69) is 0 Å². The number of hydrogen-bond donors (Lipinski definition) is 2. The normalized spacial score (nSPS) is 11.1. The molecule has 9 heteroatoms. The summed E-state index contributed by atoms with van der Waals surface area (Å²) in [6.45, 7) is 0. The number of aromatic hydroxyl groups is 1. The SMILES string of the molecule is O=[N+]([O-])c1cc(F)cc(NS(=O)(=O)c2cccc(O)c2)c1. The number of benzene rings is 2. The van der Waals surface area contributed by atoms with Crippen molar-refractivity contribution in [3.05, 3.63) is 58.4 Å². The maximum atomic E-state index is 13.3. The average Bonchev–Trinajstić information content (AvgIpc) is 2.37. The van der Waals surface area contributed by atoms with Gasteiger partial charge in [-0.3, -0.25) is 14.8 Å². The number of nitro groups is 1. The molecule has 0 aliphatic heterocycles. The van der Waals surface area contributed by atoms with Crippen molar-refractivity contribution in [1.29, 1.82) is 0 Å². The van der Waals surface area contributed by atoms with E-state index >= 15 is 0 Å². The summed E-state index contributed by atoms with van der Waals surface area (Å²) in [7, 11) is -4.09. The van der Waals surface area contributed by atoms with E-state index < -0.39 is 26.5 Å². The van der Waals surface area contributed by atoms with Crippen LogP contribution in [0.2, 0.25) is 0 Å². The summed E-state index contributed by atoms with van der Waals surface area (Å²) < 4.78 is 39.3. The van der Waals surface area contributed by atoms with Crippen LogP contribution in [0.3, 0.4) is 0 Å². The van der Waals surface area contributed by atoms with Crippen LogP contribution in [0.25, 0.3) is 0 Å². The van der Waals surface area contributed by atoms with Gasteiger partial charge < -0.3 is 5.11 Å². The Hall–Kier alpha value is -2.68. The second kappa shape index (κ2) is 5.37. The van der Waals surface area contributed by atoms with E-state index in [0.717, 1.165) is 18.2 Å². The van der Waals surface area contributed by atoms with Gasteiger partial charge in [0, 0.05) is 12.1 Å². The summed E-state index contributed by atoms with van der Waals surface area (Å²) in [6, 6.07) is 7.19. The minimum atomic E-state index is -4.09. The Bertz CT molecular complexity index is 807. The van der Waals surface area contributed by atoms with Crippen molar-refractivity contribution < 1.29 is 22.8 Å². The molecule has 0 amide bonds. The summed E-state index contributed by atoms with van der Waals surface area (Å²) in [5, 5.41) is 19.9. The lowest BCUT2D eigenvalue weighted by molar-refractivity contribution is -0.385. The fourth-order valence-corrected chi connectivity index (χ4v) is 2.68. The standard InChI is InChI=1S/C12H9FN2O5S/c13-8-4-9(6-10(5-8)15(17)18)14-21(19,20)12-3-1-2-11(16)7-12/h1-7,14,16H. The lowest BCUT2D eigenvalue weighted by atomic mass is 10.3. The van der Waals surface area contributed by atoms with Crippen molar-refractivity contribution in [3.8, 4) is 5.75 Å². The van der Waals surface area contributed by atoms with Gasteiger partial charge >= 0.3 is 0 Å². The molecule has 2 aromatic rings. The fourth-order valence-electron chi connectivity index (χ4n) is 1.60. The van der Waals surface area contributed by atoms with E-state index in [9.17, 15) is 28.0 Å². The van der Waals surface area contributed by atoms with Gasteiger partial charge in [0.25, 0.3) is 15.7 Å². The molecule has 0 aliphatic carbocycles. The van der Waals surface area contributed by atoms with Crippen molar-refractivity contribution in [2.24, 2.45) is 0 Å². The van der Waals surface area contributed by atoms with Crippen LogP contribution in [0.5, 0.6) is 5.75 Å². The minimum Gasteiger partial charge on any atom is -0.508 e.